The average Bonchev–Trinajstić information content (AvgIpc) is 2.57. The predicted octanol–water partition coefficient (Wildman–Crippen LogP) is 2.91. The Morgan fingerprint density at radius 2 is 1.70 bits per heavy atom. The normalized spacial score (nSPS) is 11.4. The minimum atomic E-state index is -0.558. The third-order valence-electron chi connectivity index (χ3n) is 3.55. The Balaban J connectivity index is 2.56. The van der Waals surface area contributed by atoms with Crippen LogP contribution in [0.3, 0.4) is 0 Å². The van der Waals surface area contributed by atoms with Crippen LogP contribution in [0, 0.1) is 0 Å². The van der Waals surface area contributed by atoms with Crippen LogP contribution in [0.4, 0.5) is 0 Å². The molecule has 152 valence electrons. The highest BCUT2D eigenvalue weighted by Gasteiger charge is 2.22. The van der Waals surface area contributed by atoms with E-state index >= 15 is 0 Å². The van der Waals surface area contributed by atoms with Crippen LogP contribution in [-0.2, 0) is 14.3 Å². The lowest BCUT2D eigenvalue weighted by Gasteiger charge is -2.26. The number of carbonyl (C=O) groups is 2. The molecule has 6 nitrogen and oxygen atoms in total. The van der Waals surface area contributed by atoms with Crippen LogP contribution in [0.15, 0.2) is 29.2 Å². The van der Waals surface area contributed by atoms with E-state index in [2.05, 4.69) is 0 Å². The molecule has 0 heterocycles. The summed E-state index contributed by atoms with van der Waals surface area (Å²) in [7, 11) is 5.51. The fourth-order valence-electron chi connectivity index (χ4n) is 2.23. The van der Waals surface area contributed by atoms with Crippen LogP contribution >= 0.6 is 11.8 Å². The highest BCUT2D eigenvalue weighted by molar-refractivity contribution is 7.99. The number of esters is 1. The maximum Gasteiger partial charge on any atom is 0.326 e. The van der Waals surface area contributed by atoms with Gasteiger partial charge in [0.25, 0.3) is 0 Å². The summed E-state index contributed by atoms with van der Waals surface area (Å²) in [5.74, 6) is 1.04. The molecular weight excluding hydrogens is 364 g/mol. The van der Waals surface area contributed by atoms with Gasteiger partial charge in [0.2, 0.25) is 5.91 Å². The number of ether oxygens (including phenoxy) is 2. The van der Waals surface area contributed by atoms with E-state index in [1.807, 2.05) is 64.0 Å². The summed E-state index contributed by atoms with van der Waals surface area (Å²) in [6.45, 7) is 6.64. The van der Waals surface area contributed by atoms with Gasteiger partial charge < -0.3 is 19.3 Å². The third kappa shape index (κ3) is 10.2. The van der Waals surface area contributed by atoms with Gasteiger partial charge in [0.15, 0.2) is 0 Å². The zero-order valence-electron chi connectivity index (χ0n) is 17.3. The largest absolute Gasteiger partial charge is 0.497 e. The van der Waals surface area contributed by atoms with Gasteiger partial charge in [0.05, 0.1) is 7.11 Å². The number of methoxy groups -OCH3 is 1. The van der Waals surface area contributed by atoms with Crippen LogP contribution in [0.1, 0.15) is 27.2 Å². The molecule has 1 amide bonds. The van der Waals surface area contributed by atoms with E-state index in [0.29, 0.717) is 25.3 Å². The number of carbonyl (C=O) groups excluding carboxylic acids is 2. The molecule has 0 N–H and O–H groups in total. The summed E-state index contributed by atoms with van der Waals surface area (Å²) in [6.07, 6.45) is 0.368. The predicted molar refractivity (Wildman–Crippen MR) is 109 cm³/mol. The molecule has 0 unspecified atom stereocenters. The molecule has 1 aromatic carbocycles. The standard InChI is InChI=1S/C20H32N2O4S/c1-20(2,3)26-19(24)15-22(13-12-21(4)5)18(23)11-14-27-17-9-7-16(25-6)8-10-17/h7-10H,11-15H2,1-6H3. The maximum atomic E-state index is 12.6. The first-order valence-corrected chi connectivity index (χ1v) is 10.0. The number of benzene rings is 1. The second-order valence-electron chi connectivity index (χ2n) is 7.48. The number of hydrogen-bond donors (Lipinski definition) is 0. The quantitative estimate of drug-likeness (QED) is 0.448. The molecule has 0 bridgehead atoms. The summed E-state index contributed by atoms with van der Waals surface area (Å²) < 4.78 is 10.5. The molecule has 0 aliphatic carbocycles. The Labute approximate surface area is 167 Å². The Bertz CT molecular complexity index is 597. The van der Waals surface area contributed by atoms with E-state index in [9.17, 15) is 9.59 Å². The van der Waals surface area contributed by atoms with Crippen molar-refractivity contribution < 1.29 is 19.1 Å². The second-order valence-corrected chi connectivity index (χ2v) is 8.65. The fraction of sp³-hybridized carbons (Fsp3) is 0.600. The van der Waals surface area contributed by atoms with Crippen molar-refractivity contribution in [3.8, 4) is 5.75 Å². The Kier molecular flexibility index (Phi) is 9.66. The van der Waals surface area contributed by atoms with Gasteiger partial charge in [0.1, 0.15) is 17.9 Å². The maximum absolute atomic E-state index is 12.6. The lowest BCUT2D eigenvalue weighted by Crippen LogP contribution is -2.42. The number of amides is 1. The molecule has 7 heteroatoms. The molecule has 0 radical (unpaired) electrons. The van der Waals surface area contributed by atoms with Gasteiger partial charge in [-0.2, -0.15) is 0 Å². The molecule has 0 aromatic heterocycles. The lowest BCUT2D eigenvalue weighted by molar-refractivity contribution is -0.158. The van der Waals surface area contributed by atoms with Crippen LogP contribution in [0.2, 0.25) is 0 Å². The molecule has 0 aliphatic rings. The summed E-state index contributed by atoms with van der Waals surface area (Å²) in [6, 6.07) is 7.74. The van der Waals surface area contributed by atoms with E-state index in [1.165, 1.54) is 0 Å². The molecule has 27 heavy (non-hydrogen) atoms. The minimum absolute atomic E-state index is 0.0167. The van der Waals surface area contributed by atoms with E-state index < -0.39 is 5.60 Å². The van der Waals surface area contributed by atoms with Gasteiger partial charge in [-0.15, -0.1) is 11.8 Å². The highest BCUT2D eigenvalue weighted by atomic mass is 32.2. The van der Waals surface area contributed by atoms with Gasteiger partial charge in [-0.05, 0) is 59.1 Å². The molecule has 0 atom stereocenters. The first-order valence-electron chi connectivity index (χ1n) is 9.02. The lowest BCUT2D eigenvalue weighted by atomic mass is 10.2. The average molecular weight is 397 g/mol. The zero-order valence-corrected chi connectivity index (χ0v) is 18.1. The number of thioether (sulfide) groups is 1. The van der Waals surface area contributed by atoms with Gasteiger partial charge in [-0.25, -0.2) is 0 Å². The van der Waals surface area contributed by atoms with E-state index in [-0.39, 0.29) is 18.4 Å². The molecule has 1 aromatic rings. The summed E-state index contributed by atoms with van der Waals surface area (Å²) in [5.41, 5.74) is -0.558. The molecule has 0 saturated carbocycles. The van der Waals surface area contributed by atoms with Crippen LogP contribution in [0.5, 0.6) is 5.75 Å². The van der Waals surface area contributed by atoms with Crippen molar-refractivity contribution in [1.29, 1.82) is 0 Å². The monoisotopic (exact) mass is 396 g/mol. The van der Waals surface area contributed by atoms with E-state index in [1.54, 1.807) is 23.8 Å². The van der Waals surface area contributed by atoms with Crippen molar-refractivity contribution in [3.05, 3.63) is 24.3 Å². The molecule has 0 spiro atoms. The third-order valence-corrected chi connectivity index (χ3v) is 4.57. The first kappa shape index (κ1) is 23.3. The van der Waals surface area contributed by atoms with Gasteiger partial charge in [0, 0.05) is 30.2 Å². The Hall–Kier alpha value is -1.73. The number of likely N-dealkylation sites (N-methyl/N-ethyl adjacent to an activating group) is 1. The van der Waals surface area contributed by atoms with Crippen molar-refractivity contribution in [2.45, 2.75) is 37.7 Å². The molecule has 0 fully saturated rings. The van der Waals surface area contributed by atoms with Gasteiger partial charge >= 0.3 is 5.97 Å². The van der Waals surface area contributed by atoms with E-state index in [0.717, 1.165) is 10.6 Å². The smallest absolute Gasteiger partial charge is 0.326 e. The van der Waals surface area contributed by atoms with Crippen molar-refractivity contribution in [2.75, 3.05) is 46.6 Å². The summed E-state index contributed by atoms with van der Waals surface area (Å²) in [4.78, 5) is 29.4. The highest BCUT2D eigenvalue weighted by Crippen LogP contribution is 2.22. The fourth-order valence-corrected chi connectivity index (χ4v) is 3.07. The van der Waals surface area contributed by atoms with Gasteiger partial charge in [-0.3, -0.25) is 9.59 Å². The topological polar surface area (TPSA) is 59.1 Å². The van der Waals surface area contributed by atoms with E-state index in [4.69, 9.17) is 9.47 Å². The minimum Gasteiger partial charge on any atom is -0.497 e. The van der Waals surface area contributed by atoms with Gasteiger partial charge in [-0.1, -0.05) is 0 Å². The summed E-state index contributed by atoms with van der Waals surface area (Å²) >= 11 is 1.61. The van der Waals surface area contributed by atoms with Crippen LogP contribution in [0.25, 0.3) is 0 Å². The SMILES string of the molecule is COc1ccc(SCCC(=O)N(CCN(C)C)CC(=O)OC(C)(C)C)cc1. The number of rotatable bonds is 10. The van der Waals surface area contributed by atoms with Crippen molar-refractivity contribution >= 4 is 23.6 Å². The number of hydrogen-bond acceptors (Lipinski definition) is 6. The number of nitrogens with zero attached hydrogens (tertiary/aromatic N) is 2. The zero-order chi connectivity index (χ0) is 20.4. The van der Waals surface area contributed by atoms with Crippen molar-refractivity contribution in [3.63, 3.8) is 0 Å². The molecular formula is C20H32N2O4S. The first-order chi connectivity index (χ1) is 12.6. The van der Waals surface area contributed by atoms with Crippen LogP contribution in [-0.4, -0.2) is 73.9 Å². The van der Waals surface area contributed by atoms with Crippen LogP contribution < -0.4 is 4.74 Å². The molecule has 0 aliphatic heterocycles. The summed E-state index contributed by atoms with van der Waals surface area (Å²) in [5, 5.41) is 0. The Morgan fingerprint density at radius 1 is 1.07 bits per heavy atom. The Morgan fingerprint density at radius 3 is 2.22 bits per heavy atom. The molecule has 0 saturated heterocycles. The second kappa shape index (κ2) is 11.2. The van der Waals surface area contributed by atoms with Crippen molar-refractivity contribution in [2.24, 2.45) is 0 Å². The van der Waals surface area contributed by atoms with Crippen molar-refractivity contribution in [1.82, 2.24) is 9.80 Å². The molecule has 1 rings (SSSR count).